The van der Waals surface area contributed by atoms with Crippen molar-refractivity contribution in [2.24, 2.45) is 0 Å². The molecule has 0 radical (unpaired) electrons. The number of aromatic nitrogens is 4. The van der Waals surface area contributed by atoms with Gasteiger partial charge in [0.2, 0.25) is 0 Å². The molecule has 6 nitrogen and oxygen atoms in total. The van der Waals surface area contributed by atoms with E-state index in [0.29, 0.717) is 33.4 Å². The third kappa shape index (κ3) is 4.05. The Bertz CT molecular complexity index is 921. The van der Waals surface area contributed by atoms with E-state index >= 15 is 0 Å². The Balaban J connectivity index is 1.77. The molecule has 0 unspecified atom stereocenters. The monoisotopic (exact) mass is 441 g/mol. The van der Waals surface area contributed by atoms with Gasteiger partial charge in [0, 0.05) is 24.0 Å². The number of anilines is 1. The molecule has 1 aromatic carbocycles. The number of nitrogens with one attached hydrogen (secondary N) is 1. The number of hydrogen-bond acceptors (Lipinski definition) is 3. The van der Waals surface area contributed by atoms with Crippen molar-refractivity contribution in [3.05, 3.63) is 62.4 Å². The second-order valence-electron chi connectivity index (χ2n) is 5.25. The molecule has 0 aliphatic carbocycles. The number of nitrogens with zero attached hydrogens (tertiary/aromatic N) is 4. The first-order valence-corrected chi connectivity index (χ1v) is 9.03. The van der Waals surface area contributed by atoms with Crippen LogP contribution in [0, 0.1) is 0 Å². The smallest absolute Gasteiger partial charge is 0.278 e. The summed E-state index contributed by atoms with van der Waals surface area (Å²) in [5, 5.41) is 12.2. The molecule has 2 aromatic heterocycles. The van der Waals surface area contributed by atoms with Crippen LogP contribution in [0.5, 0.6) is 0 Å². The molecular formula is C16H14BrCl2N5O. The van der Waals surface area contributed by atoms with Gasteiger partial charge in [-0.1, -0.05) is 41.4 Å². The molecule has 1 amide bonds. The number of rotatable bonds is 5. The van der Waals surface area contributed by atoms with Crippen molar-refractivity contribution in [2.75, 3.05) is 5.32 Å². The van der Waals surface area contributed by atoms with Crippen molar-refractivity contribution in [3.63, 3.8) is 0 Å². The average molecular weight is 443 g/mol. The standard InChI is InChI=1S/C16H14BrCl2N5O/c1-2-23-9-13(19)14(21-23)16(25)20-15-11(17)8-24(22-15)7-10-5-3-4-6-12(10)18/h3-6,8-9H,2,7H2,1H3,(H,20,22,25). The molecule has 1 N–H and O–H groups in total. The van der Waals surface area contributed by atoms with Crippen LogP contribution in [0.2, 0.25) is 10.0 Å². The van der Waals surface area contributed by atoms with Crippen molar-refractivity contribution >= 4 is 50.9 Å². The van der Waals surface area contributed by atoms with E-state index in [0.717, 1.165) is 5.56 Å². The highest BCUT2D eigenvalue weighted by atomic mass is 79.9. The first-order chi connectivity index (χ1) is 12.0. The van der Waals surface area contributed by atoms with Crippen molar-refractivity contribution in [1.29, 1.82) is 0 Å². The molecule has 2 heterocycles. The van der Waals surface area contributed by atoms with Crippen molar-refractivity contribution in [2.45, 2.75) is 20.0 Å². The van der Waals surface area contributed by atoms with Gasteiger partial charge >= 0.3 is 0 Å². The maximum atomic E-state index is 12.4. The first kappa shape index (κ1) is 18.0. The normalized spacial score (nSPS) is 10.9. The minimum Gasteiger partial charge on any atom is -0.303 e. The van der Waals surface area contributed by atoms with Crippen molar-refractivity contribution < 1.29 is 4.79 Å². The van der Waals surface area contributed by atoms with Crippen LogP contribution >= 0.6 is 39.1 Å². The van der Waals surface area contributed by atoms with E-state index in [-0.39, 0.29) is 5.69 Å². The molecule has 130 valence electrons. The molecule has 0 aliphatic rings. The van der Waals surface area contributed by atoms with E-state index in [9.17, 15) is 4.79 Å². The van der Waals surface area contributed by atoms with Crippen molar-refractivity contribution in [1.82, 2.24) is 19.6 Å². The Morgan fingerprint density at radius 1 is 1.16 bits per heavy atom. The molecule has 3 rings (SSSR count). The van der Waals surface area contributed by atoms with Crippen LogP contribution in [0.4, 0.5) is 5.82 Å². The van der Waals surface area contributed by atoms with E-state index in [4.69, 9.17) is 23.2 Å². The van der Waals surface area contributed by atoms with Crippen LogP contribution in [0.15, 0.2) is 41.1 Å². The molecule has 25 heavy (non-hydrogen) atoms. The molecule has 0 bridgehead atoms. The zero-order chi connectivity index (χ0) is 18.0. The second-order valence-corrected chi connectivity index (χ2v) is 6.92. The van der Waals surface area contributed by atoms with Crippen molar-refractivity contribution in [3.8, 4) is 0 Å². The molecule has 3 aromatic rings. The van der Waals surface area contributed by atoms with Gasteiger partial charge in [-0.2, -0.15) is 10.2 Å². The summed E-state index contributed by atoms with van der Waals surface area (Å²) in [5.74, 6) is -0.0277. The number of carbonyl (C=O) groups excluding carboxylic acids is 1. The summed E-state index contributed by atoms with van der Waals surface area (Å²) >= 11 is 15.6. The van der Waals surface area contributed by atoms with E-state index < -0.39 is 5.91 Å². The molecule has 0 fully saturated rings. The summed E-state index contributed by atoms with van der Waals surface area (Å²) in [6.45, 7) is 3.03. The van der Waals surface area contributed by atoms with Crippen LogP contribution in [0.1, 0.15) is 23.0 Å². The number of halogens is 3. The third-order valence-electron chi connectivity index (χ3n) is 3.50. The Kier molecular flexibility index (Phi) is 5.46. The fourth-order valence-corrected chi connectivity index (χ4v) is 3.09. The molecule has 0 saturated heterocycles. The fourth-order valence-electron chi connectivity index (χ4n) is 2.24. The SMILES string of the molecule is CCn1cc(Cl)c(C(=O)Nc2nn(Cc3ccccc3Cl)cc2Br)n1. The van der Waals surface area contributed by atoms with E-state index in [1.165, 1.54) is 0 Å². The predicted octanol–water partition coefficient (Wildman–Crippen LogP) is 4.47. The van der Waals surface area contributed by atoms with E-state index in [1.807, 2.05) is 31.2 Å². The quantitative estimate of drug-likeness (QED) is 0.633. The molecular weight excluding hydrogens is 429 g/mol. The minimum absolute atomic E-state index is 0.163. The van der Waals surface area contributed by atoms with Gasteiger partial charge in [0.25, 0.3) is 5.91 Å². The predicted molar refractivity (Wildman–Crippen MR) is 101 cm³/mol. The lowest BCUT2D eigenvalue weighted by Crippen LogP contribution is -2.15. The lowest BCUT2D eigenvalue weighted by atomic mass is 10.2. The highest BCUT2D eigenvalue weighted by molar-refractivity contribution is 9.10. The molecule has 0 aliphatic heterocycles. The molecule has 0 atom stereocenters. The average Bonchev–Trinajstić information content (AvgIpc) is 3.12. The molecule has 0 saturated carbocycles. The van der Waals surface area contributed by atoms with E-state index in [1.54, 1.807) is 21.8 Å². The number of hydrogen-bond donors (Lipinski definition) is 1. The Morgan fingerprint density at radius 2 is 1.92 bits per heavy atom. The van der Waals surface area contributed by atoms with Gasteiger partial charge in [0.1, 0.15) is 0 Å². The Morgan fingerprint density at radius 3 is 2.60 bits per heavy atom. The van der Waals surface area contributed by atoms with Crippen LogP contribution in [-0.2, 0) is 13.1 Å². The topological polar surface area (TPSA) is 64.7 Å². The summed E-state index contributed by atoms with van der Waals surface area (Å²) in [6.07, 6.45) is 3.38. The van der Waals surface area contributed by atoms with Gasteiger partial charge in [-0.25, -0.2) is 0 Å². The number of aryl methyl sites for hydroxylation is 1. The summed E-state index contributed by atoms with van der Waals surface area (Å²) in [5.41, 5.74) is 1.10. The fraction of sp³-hybridized carbons (Fsp3) is 0.188. The first-order valence-electron chi connectivity index (χ1n) is 7.48. The van der Waals surface area contributed by atoms with Crippen LogP contribution < -0.4 is 5.32 Å². The maximum Gasteiger partial charge on any atom is 0.278 e. The lowest BCUT2D eigenvalue weighted by molar-refractivity contribution is 0.102. The minimum atomic E-state index is -0.416. The summed E-state index contributed by atoms with van der Waals surface area (Å²) in [6, 6.07) is 7.53. The highest BCUT2D eigenvalue weighted by Gasteiger charge is 2.18. The zero-order valence-corrected chi connectivity index (χ0v) is 16.3. The maximum absolute atomic E-state index is 12.4. The van der Waals surface area contributed by atoms with Gasteiger partial charge < -0.3 is 5.32 Å². The van der Waals surface area contributed by atoms with Crippen LogP contribution in [0.25, 0.3) is 0 Å². The van der Waals surface area contributed by atoms with Gasteiger partial charge in [-0.15, -0.1) is 0 Å². The van der Waals surface area contributed by atoms with E-state index in [2.05, 4.69) is 31.4 Å². The van der Waals surface area contributed by atoms with Gasteiger partial charge in [-0.3, -0.25) is 14.2 Å². The highest BCUT2D eigenvalue weighted by Crippen LogP contribution is 2.24. The Hall–Kier alpha value is -1.83. The lowest BCUT2D eigenvalue weighted by Gasteiger charge is -2.04. The number of benzene rings is 1. The van der Waals surface area contributed by atoms with Crippen LogP contribution in [-0.4, -0.2) is 25.5 Å². The zero-order valence-electron chi connectivity index (χ0n) is 13.2. The summed E-state index contributed by atoms with van der Waals surface area (Å²) < 4.78 is 3.94. The number of amides is 1. The Labute approximate surface area is 162 Å². The summed E-state index contributed by atoms with van der Waals surface area (Å²) in [4.78, 5) is 12.4. The van der Waals surface area contributed by atoms with Gasteiger partial charge in [0.05, 0.1) is 16.0 Å². The molecule has 0 spiro atoms. The van der Waals surface area contributed by atoms with Gasteiger partial charge in [-0.05, 0) is 34.5 Å². The summed E-state index contributed by atoms with van der Waals surface area (Å²) in [7, 11) is 0. The van der Waals surface area contributed by atoms with Crippen LogP contribution in [0.3, 0.4) is 0 Å². The molecule has 9 heteroatoms. The third-order valence-corrected chi connectivity index (χ3v) is 4.72. The number of carbonyl (C=O) groups is 1. The second kappa shape index (κ2) is 7.59. The largest absolute Gasteiger partial charge is 0.303 e. The van der Waals surface area contributed by atoms with Gasteiger partial charge in [0.15, 0.2) is 11.5 Å².